The van der Waals surface area contributed by atoms with Gasteiger partial charge in [-0.15, -0.1) is 11.3 Å². The fraction of sp³-hybridized carbons (Fsp3) is 0.400. The second kappa shape index (κ2) is 2.97. The maximum absolute atomic E-state index is 11.8. The van der Waals surface area contributed by atoms with Crippen LogP contribution in [-0.2, 0) is 0 Å². The molecule has 0 spiro atoms. The zero-order valence-corrected chi connectivity index (χ0v) is 7.93. The van der Waals surface area contributed by atoms with E-state index in [-0.39, 0.29) is 5.78 Å². The molecule has 0 atom stereocenters. The topological polar surface area (TPSA) is 40.9 Å². The van der Waals surface area contributed by atoms with E-state index in [0.29, 0.717) is 0 Å². The van der Waals surface area contributed by atoms with Gasteiger partial charge in [0.05, 0.1) is 10.9 Å². The molecule has 1 saturated carbocycles. The minimum Gasteiger partial charge on any atom is -0.291 e. The minimum atomic E-state index is -0.676. The van der Waals surface area contributed by atoms with Crippen molar-refractivity contribution >= 4 is 17.1 Å². The summed E-state index contributed by atoms with van der Waals surface area (Å²) in [7, 11) is 0. The number of thiophene rings is 1. The summed E-state index contributed by atoms with van der Waals surface area (Å²) in [5, 5.41) is 10.8. The van der Waals surface area contributed by atoms with Crippen molar-refractivity contribution in [1.29, 1.82) is 5.26 Å². The highest BCUT2D eigenvalue weighted by Crippen LogP contribution is 2.43. The molecule has 1 aliphatic rings. The molecule has 1 aromatic heterocycles. The molecule has 0 aliphatic heterocycles. The summed E-state index contributed by atoms with van der Waals surface area (Å²) in [6, 6.07) is 5.80. The van der Waals surface area contributed by atoms with Crippen molar-refractivity contribution in [3.63, 3.8) is 0 Å². The highest BCUT2D eigenvalue weighted by molar-refractivity contribution is 7.12. The molecule has 0 radical (unpaired) electrons. The zero-order chi connectivity index (χ0) is 9.31. The summed E-state index contributed by atoms with van der Waals surface area (Å²) < 4.78 is 0. The Hall–Kier alpha value is -1.14. The number of carbonyl (C=O) groups excluding carboxylic acids is 1. The molecule has 2 nitrogen and oxygen atoms in total. The van der Waals surface area contributed by atoms with Crippen LogP contribution in [0, 0.1) is 16.7 Å². The summed E-state index contributed by atoms with van der Waals surface area (Å²) in [5.41, 5.74) is -0.676. The van der Waals surface area contributed by atoms with E-state index in [2.05, 4.69) is 6.07 Å². The van der Waals surface area contributed by atoms with Crippen molar-refractivity contribution < 1.29 is 4.79 Å². The number of nitriles is 1. The van der Waals surface area contributed by atoms with Gasteiger partial charge in [-0.05, 0) is 30.7 Å². The second-order valence-corrected chi connectivity index (χ2v) is 4.30. The SMILES string of the molecule is N#CC1(C(=O)c2cccs2)CCC1. The Morgan fingerprint density at radius 1 is 1.62 bits per heavy atom. The third kappa shape index (κ3) is 1.18. The van der Waals surface area contributed by atoms with Gasteiger partial charge in [-0.2, -0.15) is 5.26 Å². The molecule has 13 heavy (non-hydrogen) atoms. The second-order valence-electron chi connectivity index (χ2n) is 3.35. The smallest absolute Gasteiger partial charge is 0.192 e. The van der Waals surface area contributed by atoms with E-state index in [1.54, 1.807) is 6.07 Å². The first kappa shape index (κ1) is 8.46. The zero-order valence-electron chi connectivity index (χ0n) is 7.12. The molecular formula is C10H9NOS. The first-order valence-electron chi connectivity index (χ1n) is 4.28. The number of Topliss-reactive ketones (excluding diaryl/α,β-unsaturated/α-hetero) is 1. The Morgan fingerprint density at radius 2 is 2.38 bits per heavy atom. The molecule has 0 saturated heterocycles. The van der Waals surface area contributed by atoms with Crippen LogP contribution in [0.2, 0.25) is 0 Å². The number of rotatable bonds is 2. The van der Waals surface area contributed by atoms with Crippen LogP contribution < -0.4 is 0 Å². The van der Waals surface area contributed by atoms with Crippen molar-refractivity contribution in [2.75, 3.05) is 0 Å². The van der Waals surface area contributed by atoms with E-state index in [4.69, 9.17) is 5.26 Å². The maximum atomic E-state index is 11.8. The molecule has 66 valence electrons. The van der Waals surface area contributed by atoms with Crippen LogP contribution in [0.5, 0.6) is 0 Å². The highest BCUT2D eigenvalue weighted by atomic mass is 32.1. The molecule has 1 fully saturated rings. The van der Waals surface area contributed by atoms with Crippen LogP contribution in [0.4, 0.5) is 0 Å². The summed E-state index contributed by atoms with van der Waals surface area (Å²) in [5.74, 6) is 0.0243. The molecule has 0 aromatic carbocycles. The lowest BCUT2D eigenvalue weighted by Crippen LogP contribution is -2.36. The molecule has 1 aliphatic carbocycles. The summed E-state index contributed by atoms with van der Waals surface area (Å²) in [6.45, 7) is 0. The van der Waals surface area contributed by atoms with Crippen LogP contribution in [0.25, 0.3) is 0 Å². The van der Waals surface area contributed by atoms with Crippen LogP contribution in [-0.4, -0.2) is 5.78 Å². The summed E-state index contributed by atoms with van der Waals surface area (Å²) in [6.07, 6.45) is 2.48. The molecule has 0 unspecified atom stereocenters. The average molecular weight is 191 g/mol. The predicted molar refractivity (Wildman–Crippen MR) is 50.5 cm³/mol. The predicted octanol–water partition coefficient (Wildman–Crippen LogP) is 2.62. The molecular weight excluding hydrogens is 182 g/mol. The minimum absolute atomic E-state index is 0.0243. The van der Waals surface area contributed by atoms with Crippen molar-refractivity contribution in [3.8, 4) is 6.07 Å². The maximum Gasteiger partial charge on any atom is 0.192 e. The molecule has 0 N–H and O–H groups in total. The fourth-order valence-corrected chi connectivity index (χ4v) is 2.33. The lowest BCUT2D eigenvalue weighted by molar-refractivity contribution is 0.0753. The number of nitrogens with zero attached hydrogens (tertiary/aromatic N) is 1. The van der Waals surface area contributed by atoms with Crippen molar-refractivity contribution in [3.05, 3.63) is 22.4 Å². The Morgan fingerprint density at radius 3 is 2.77 bits per heavy atom. The van der Waals surface area contributed by atoms with Gasteiger partial charge in [0.2, 0.25) is 0 Å². The van der Waals surface area contributed by atoms with Crippen LogP contribution in [0.3, 0.4) is 0 Å². The number of hydrogen-bond acceptors (Lipinski definition) is 3. The lowest BCUT2D eigenvalue weighted by atomic mass is 9.67. The van der Waals surface area contributed by atoms with Gasteiger partial charge in [-0.25, -0.2) is 0 Å². The van der Waals surface area contributed by atoms with Crippen LogP contribution in [0.1, 0.15) is 28.9 Å². The average Bonchev–Trinajstić information content (AvgIpc) is 2.54. The van der Waals surface area contributed by atoms with Gasteiger partial charge < -0.3 is 0 Å². The quantitative estimate of drug-likeness (QED) is 0.674. The third-order valence-corrected chi connectivity index (χ3v) is 3.47. The van der Waals surface area contributed by atoms with Crippen molar-refractivity contribution in [1.82, 2.24) is 0 Å². The van der Waals surface area contributed by atoms with Gasteiger partial charge in [-0.3, -0.25) is 4.79 Å². The largest absolute Gasteiger partial charge is 0.291 e. The van der Waals surface area contributed by atoms with Gasteiger partial charge in [0.15, 0.2) is 5.78 Å². The number of ketones is 1. The number of hydrogen-bond donors (Lipinski definition) is 0. The van der Waals surface area contributed by atoms with Gasteiger partial charge in [0, 0.05) is 0 Å². The lowest BCUT2D eigenvalue weighted by Gasteiger charge is -2.32. The summed E-state index contributed by atoms with van der Waals surface area (Å²) >= 11 is 1.42. The normalized spacial score (nSPS) is 18.7. The molecule has 0 amide bonds. The Kier molecular flexibility index (Phi) is 1.93. The monoisotopic (exact) mass is 191 g/mol. The Balaban J connectivity index is 2.28. The first-order chi connectivity index (χ1) is 6.28. The molecule has 1 heterocycles. The van der Waals surface area contributed by atoms with Gasteiger partial charge in [0.1, 0.15) is 5.41 Å². The van der Waals surface area contributed by atoms with E-state index in [9.17, 15) is 4.79 Å². The van der Waals surface area contributed by atoms with Gasteiger partial charge in [0.25, 0.3) is 0 Å². The molecule has 3 heteroatoms. The van der Waals surface area contributed by atoms with Crippen LogP contribution >= 0.6 is 11.3 Å². The van der Waals surface area contributed by atoms with Crippen LogP contribution in [0.15, 0.2) is 17.5 Å². The fourth-order valence-electron chi connectivity index (χ4n) is 1.56. The van der Waals surface area contributed by atoms with Crippen molar-refractivity contribution in [2.24, 2.45) is 5.41 Å². The van der Waals surface area contributed by atoms with Gasteiger partial charge in [-0.1, -0.05) is 6.07 Å². The van der Waals surface area contributed by atoms with E-state index in [1.807, 2.05) is 11.4 Å². The van der Waals surface area contributed by atoms with E-state index in [1.165, 1.54) is 11.3 Å². The van der Waals surface area contributed by atoms with E-state index in [0.717, 1.165) is 24.1 Å². The molecule has 0 bridgehead atoms. The molecule has 1 aromatic rings. The Bertz CT molecular complexity index is 357. The van der Waals surface area contributed by atoms with E-state index < -0.39 is 5.41 Å². The standard InChI is InChI=1S/C10H9NOS/c11-7-10(4-2-5-10)9(12)8-3-1-6-13-8/h1,3,6H,2,4-5H2. The third-order valence-electron chi connectivity index (χ3n) is 2.60. The summed E-state index contributed by atoms with van der Waals surface area (Å²) in [4.78, 5) is 12.6. The Labute approximate surface area is 80.8 Å². The molecule has 2 rings (SSSR count). The highest BCUT2D eigenvalue weighted by Gasteiger charge is 2.45. The number of carbonyl (C=O) groups is 1. The van der Waals surface area contributed by atoms with Gasteiger partial charge >= 0.3 is 0 Å². The van der Waals surface area contributed by atoms with Crippen molar-refractivity contribution in [2.45, 2.75) is 19.3 Å². The van der Waals surface area contributed by atoms with E-state index >= 15 is 0 Å². The first-order valence-corrected chi connectivity index (χ1v) is 5.16.